The fourth-order valence-electron chi connectivity index (χ4n) is 5.71. The van der Waals surface area contributed by atoms with Gasteiger partial charge in [0.2, 0.25) is 5.91 Å². The Morgan fingerprint density at radius 1 is 0.951 bits per heavy atom. The number of hydrogen-bond donors (Lipinski definition) is 1. The number of ether oxygens (including phenoxy) is 2. The van der Waals surface area contributed by atoms with Crippen LogP contribution in [0.5, 0.6) is 11.5 Å². The number of anilines is 1. The molecular formula is C31H31F3N2O5. The minimum atomic E-state index is -4.74. The number of hydrogen-bond acceptors (Lipinski definition) is 5. The van der Waals surface area contributed by atoms with Gasteiger partial charge in [-0.1, -0.05) is 12.1 Å². The highest BCUT2D eigenvalue weighted by molar-refractivity contribution is 5.97. The maximum absolute atomic E-state index is 12.9. The molecule has 0 atom stereocenters. The Morgan fingerprint density at radius 2 is 1.63 bits per heavy atom. The number of benzene rings is 3. The van der Waals surface area contributed by atoms with Crippen LogP contribution < -0.4 is 14.4 Å². The van der Waals surface area contributed by atoms with E-state index < -0.39 is 12.3 Å². The van der Waals surface area contributed by atoms with Crippen LogP contribution >= 0.6 is 0 Å². The van der Waals surface area contributed by atoms with Gasteiger partial charge in [-0.2, -0.15) is 0 Å². The Morgan fingerprint density at radius 3 is 2.24 bits per heavy atom. The Balaban J connectivity index is 1.25. The molecule has 2 saturated heterocycles. The molecule has 1 amide bonds. The normalized spacial score (nSPS) is 17.2. The largest absolute Gasteiger partial charge is 0.573 e. The van der Waals surface area contributed by atoms with E-state index in [2.05, 4.69) is 9.64 Å². The van der Waals surface area contributed by atoms with Gasteiger partial charge in [-0.3, -0.25) is 9.69 Å². The number of rotatable bonds is 8. The van der Waals surface area contributed by atoms with Gasteiger partial charge in [0.05, 0.1) is 12.2 Å². The van der Waals surface area contributed by atoms with E-state index in [0.29, 0.717) is 31.9 Å². The quantitative estimate of drug-likeness (QED) is 0.340. The van der Waals surface area contributed by atoms with Gasteiger partial charge >= 0.3 is 12.3 Å². The number of likely N-dealkylation sites (tertiary alicyclic amines) is 1. The van der Waals surface area contributed by atoms with Gasteiger partial charge in [-0.05, 0) is 110 Å². The first-order chi connectivity index (χ1) is 19.5. The molecule has 0 aliphatic carbocycles. The van der Waals surface area contributed by atoms with Gasteiger partial charge in [0.25, 0.3) is 0 Å². The van der Waals surface area contributed by atoms with E-state index in [-0.39, 0.29) is 22.6 Å². The van der Waals surface area contributed by atoms with E-state index in [0.717, 1.165) is 48.3 Å². The van der Waals surface area contributed by atoms with Crippen LogP contribution in [0.15, 0.2) is 66.7 Å². The van der Waals surface area contributed by atoms with E-state index in [1.54, 1.807) is 29.2 Å². The summed E-state index contributed by atoms with van der Waals surface area (Å²) in [7, 11) is 0. The van der Waals surface area contributed by atoms with Crippen LogP contribution in [0.25, 0.3) is 11.1 Å². The van der Waals surface area contributed by atoms with Crippen molar-refractivity contribution in [3.8, 4) is 22.6 Å². The lowest BCUT2D eigenvalue weighted by atomic mass is 9.77. The molecule has 3 aromatic carbocycles. The third-order valence-corrected chi connectivity index (χ3v) is 7.77. The second kappa shape index (κ2) is 11.4. The summed E-state index contributed by atoms with van der Waals surface area (Å²) < 4.78 is 47.4. The Kier molecular flexibility index (Phi) is 7.95. The van der Waals surface area contributed by atoms with E-state index in [1.165, 1.54) is 24.3 Å². The molecule has 0 aromatic heterocycles. The van der Waals surface area contributed by atoms with Crippen LogP contribution in [-0.4, -0.2) is 54.5 Å². The molecule has 2 heterocycles. The standard InChI is InChI=1S/C31H31F3N2O5/c1-2-40-27-16-21(15-24(17-27)22-5-9-26(10-6-22)41-31(32,33)34)19-35-13-11-30(12-14-35)18-28(37)36(20-30)25-7-3-23(4-8-25)29(38)39/h3-10,15-17H,2,11-14,18-20H2,1H3,(H,38,39). The van der Waals surface area contributed by atoms with Crippen molar-refractivity contribution in [2.45, 2.75) is 39.1 Å². The van der Waals surface area contributed by atoms with Gasteiger partial charge in [0.1, 0.15) is 11.5 Å². The number of carboxylic acids is 1. The van der Waals surface area contributed by atoms with E-state index in [9.17, 15) is 22.8 Å². The zero-order chi connectivity index (χ0) is 29.2. The Bertz CT molecular complexity index is 1400. The number of piperidine rings is 1. The summed E-state index contributed by atoms with van der Waals surface area (Å²) in [6.07, 6.45) is -2.55. The SMILES string of the molecule is CCOc1cc(CN2CCC3(CC2)CC(=O)N(c2ccc(C(=O)O)cc2)C3)cc(-c2ccc(OC(F)(F)F)cc2)c1. The van der Waals surface area contributed by atoms with Crippen molar-refractivity contribution in [3.05, 3.63) is 77.9 Å². The van der Waals surface area contributed by atoms with Gasteiger partial charge in [0, 0.05) is 25.2 Å². The molecule has 0 saturated carbocycles. The van der Waals surface area contributed by atoms with Crippen LogP contribution in [0.1, 0.15) is 42.1 Å². The van der Waals surface area contributed by atoms with Crippen molar-refractivity contribution in [2.24, 2.45) is 5.41 Å². The molecule has 2 fully saturated rings. The van der Waals surface area contributed by atoms with Gasteiger partial charge in [0.15, 0.2) is 0 Å². The topological polar surface area (TPSA) is 79.3 Å². The smallest absolute Gasteiger partial charge is 0.494 e. The van der Waals surface area contributed by atoms with Crippen LogP contribution in [0, 0.1) is 5.41 Å². The monoisotopic (exact) mass is 568 g/mol. The number of amides is 1. The molecule has 41 heavy (non-hydrogen) atoms. The first kappa shape index (κ1) is 28.5. The lowest BCUT2D eigenvalue weighted by Crippen LogP contribution is -2.41. The minimum absolute atomic E-state index is 0.0576. The van der Waals surface area contributed by atoms with Crippen molar-refractivity contribution < 1.29 is 37.3 Å². The number of carboxylic acid groups (broad SMARTS) is 1. The lowest BCUT2D eigenvalue weighted by Gasteiger charge is -2.39. The number of halogens is 3. The number of aromatic carboxylic acids is 1. The third-order valence-electron chi connectivity index (χ3n) is 7.77. The Labute approximate surface area is 236 Å². The first-order valence-corrected chi connectivity index (χ1v) is 13.5. The maximum Gasteiger partial charge on any atom is 0.573 e. The predicted molar refractivity (Wildman–Crippen MR) is 147 cm³/mol. The van der Waals surface area contributed by atoms with Crippen LogP contribution in [0.2, 0.25) is 0 Å². The van der Waals surface area contributed by atoms with E-state index >= 15 is 0 Å². The highest BCUT2D eigenvalue weighted by Gasteiger charge is 2.45. The first-order valence-electron chi connectivity index (χ1n) is 13.5. The van der Waals surface area contributed by atoms with Crippen LogP contribution in [-0.2, 0) is 11.3 Å². The van der Waals surface area contributed by atoms with Crippen LogP contribution in [0.4, 0.5) is 18.9 Å². The second-order valence-corrected chi connectivity index (χ2v) is 10.7. The molecule has 3 aromatic rings. The molecule has 0 radical (unpaired) electrons. The van der Waals surface area contributed by atoms with E-state index in [1.807, 2.05) is 25.1 Å². The average Bonchev–Trinajstić information content (AvgIpc) is 3.25. The Hall–Kier alpha value is -4.05. The van der Waals surface area contributed by atoms with Crippen molar-refractivity contribution in [2.75, 3.05) is 31.1 Å². The fourth-order valence-corrected chi connectivity index (χ4v) is 5.71. The maximum atomic E-state index is 12.9. The van der Waals surface area contributed by atoms with Crippen molar-refractivity contribution in [1.29, 1.82) is 0 Å². The summed E-state index contributed by atoms with van der Waals surface area (Å²) in [5.41, 5.74) is 3.41. The van der Waals surface area contributed by atoms with E-state index in [4.69, 9.17) is 9.84 Å². The molecular weight excluding hydrogens is 537 g/mol. The molecule has 1 spiro atoms. The molecule has 5 rings (SSSR count). The molecule has 2 aliphatic heterocycles. The zero-order valence-corrected chi connectivity index (χ0v) is 22.6. The number of carbonyl (C=O) groups excluding carboxylic acids is 1. The zero-order valence-electron chi connectivity index (χ0n) is 22.6. The lowest BCUT2D eigenvalue weighted by molar-refractivity contribution is -0.274. The minimum Gasteiger partial charge on any atom is -0.494 e. The predicted octanol–water partition coefficient (Wildman–Crippen LogP) is 6.37. The average molecular weight is 569 g/mol. The summed E-state index contributed by atoms with van der Waals surface area (Å²) >= 11 is 0. The summed E-state index contributed by atoms with van der Waals surface area (Å²) in [5, 5.41) is 9.15. The fraction of sp³-hybridized carbons (Fsp3) is 0.355. The molecule has 7 nitrogen and oxygen atoms in total. The van der Waals surface area contributed by atoms with Crippen LogP contribution in [0.3, 0.4) is 0 Å². The van der Waals surface area contributed by atoms with Crippen molar-refractivity contribution in [3.63, 3.8) is 0 Å². The third kappa shape index (κ3) is 6.82. The number of carbonyl (C=O) groups is 2. The summed E-state index contributed by atoms with van der Waals surface area (Å²) in [4.78, 5) is 28.2. The second-order valence-electron chi connectivity index (χ2n) is 10.7. The molecule has 2 aliphatic rings. The molecule has 216 valence electrons. The highest BCUT2D eigenvalue weighted by atomic mass is 19.4. The summed E-state index contributed by atoms with van der Waals surface area (Å²) in [5.74, 6) is -0.524. The molecule has 0 bridgehead atoms. The van der Waals surface area contributed by atoms with Gasteiger partial charge < -0.3 is 19.5 Å². The van der Waals surface area contributed by atoms with Crippen molar-refractivity contribution in [1.82, 2.24) is 4.90 Å². The van der Waals surface area contributed by atoms with Gasteiger partial charge in [-0.25, -0.2) is 4.79 Å². The molecule has 10 heteroatoms. The highest BCUT2D eigenvalue weighted by Crippen LogP contribution is 2.43. The number of nitrogens with zero attached hydrogens (tertiary/aromatic N) is 2. The molecule has 1 N–H and O–H groups in total. The number of alkyl halides is 3. The van der Waals surface area contributed by atoms with Gasteiger partial charge in [-0.15, -0.1) is 13.2 Å². The molecule has 0 unspecified atom stereocenters. The summed E-state index contributed by atoms with van der Waals surface area (Å²) in [6, 6.07) is 18.1. The summed E-state index contributed by atoms with van der Waals surface area (Å²) in [6.45, 7) is 5.30. The van der Waals surface area contributed by atoms with Crippen molar-refractivity contribution >= 4 is 17.6 Å².